The summed E-state index contributed by atoms with van der Waals surface area (Å²) in [5.41, 5.74) is 3.28. The van der Waals surface area contributed by atoms with Crippen LogP contribution in [0.2, 0.25) is 0 Å². The van der Waals surface area contributed by atoms with Crippen LogP contribution in [0, 0.1) is 13.8 Å². The normalized spacial score (nSPS) is 25.8. The summed E-state index contributed by atoms with van der Waals surface area (Å²) in [6.07, 6.45) is 1.63. The standard InChI is InChI=1S/C13H19NO/c1-10-5-11(2)7-12(6-10)8-13(15)3-4-14-9-13/h5-7,14-15H,3-4,8-9H2,1-2H3. The molecule has 1 aliphatic heterocycles. The van der Waals surface area contributed by atoms with E-state index in [4.69, 9.17) is 0 Å². The smallest absolute Gasteiger partial charge is 0.0823 e. The van der Waals surface area contributed by atoms with E-state index in [1.165, 1.54) is 16.7 Å². The molecule has 1 heterocycles. The Bertz CT molecular complexity index is 333. The highest BCUT2D eigenvalue weighted by Gasteiger charge is 2.30. The molecule has 2 heteroatoms. The summed E-state index contributed by atoms with van der Waals surface area (Å²) < 4.78 is 0. The van der Waals surface area contributed by atoms with E-state index in [1.807, 2.05) is 0 Å². The van der Waals surface area contributed by atoms with Crippen LogP contribution in [-0.4, -0.2) is 23.8 Å². The van der Waals surface area contributed by atoms with Gasteiger partial charge in [-0.25, -0.2) is 0 Å². The Morgan fingerprint density at radius 2 is 1.93 bits per heavy atom. The third-order valence-corrected chi connectivity index (χ3v) is 3.04. The third kappa shape index (κ3) is 2.58. The lowest BCUT2D eigenvalue weighted by molar-refractivity contribution is 0.0619. The highest BCUT2D eigenvalue weighted by Crippen LogP contribution is 2.21. The number of aliphatic hydroxyl groups is 1. The number of hydrogen-bond acceptors (Lipinski definition) is 2. The fourth-order valence-corrected chi connectivity index (χ4v) is 2.43. The molecule has 2 N–H and O–H groups in total. The van der Waals surface area contributed by atoms with Gasteiger partial charge < -0.3 is 10.4 Å². The fourth-order valence-electron chi connectivity index (χ4n) is 2.43. The van der Waals surface area contributed by atoms with Crippen LogP contribution in [0.4, 0.5) is 0 Å². The van der Waals surface area contributed by atoms with Gasteiger partial charge in [-0.05, 0) is 32.4 Å². The minimum atomic E-state index is -0.528. The maximum absolute atomic E-state index is 10.3. The average Bonchev–Trinajstić information content (AvgIpc) is 2.49. The number of aryl methyl sites for hydroxylation is 2. The van der Waals surface area contributed by atoms with Crippen LogP contribution in [-0.2, 0) is 6.42 Å². The molecule has 0 saturated carbocycles. The van der Waals surface area contributed by atoms with Gasteiger partial charge in [0.25, 0.3) is 0 Å². The molecule has 15 heavy (non-hydrogen) atoms. The maximum Gasteiger partial charge on any atom is 0.0823 e. The Labute approximate surface area is 91.3 Å². The van der Waals surface area contributed by atoms with Crippen LogP contribution >= 0.6 is 0 Å². The minimum absolute atomic E-state index is 0.528. The lowest BCUT2D eigenvalue weighted by atomic mass is 9.92. The summed E-state index contributed by atoms with van der Waals surface area (Å²) in [6, 6.07) is 6.51. The summed E-state index contributed by atoms with van der Waals surface area (Å²) >= 11 is 0. The van der Waals surface area contributed by atoms with Crippen LogP contribution in [0.3, 0.4) is 0 Å². The first-order chi connectivity index (χ1) is 7.07. The Hall–Kier alpha value is -0.860. The Morgan fingerprint density at radius 3 is 2.47 bits per heavy atom. The van der Waals surface area contributed by atoms with E-state index in [1.54, 1.807) is 0 Å². The summed E-state index contributed by atoms with van der Waals surface area (Å²) in [5.74, 6) is 0. The molecule has 1 saturated heterocycles. The number of benzene rings is 1. The molecule has 0 amide bonds. The van der Waals surface area contributed by atoms with Crippen molar-refractivity contribution in [1.29, 1.82) is 0 Å². The zero-order valence-corrected chi connectivity index (χ0v) is 9.51. The molecule has 0 radical (unpaired) electrons. The van der Waals surface area contributed by atoms with E-state index in [-0.39, 0.29) is 0 Å². The van der Waals surface area contributed by atoms with Crippen molar-refractivity contribution in [2.75, 3.05) is 13.1 Å². The summed E-state index contributed by atoms with van der Waals surface area (Å²) in [4.78, 5) is 0. The van der Waals surface area contributed by atoms with Crippen LogP contribution in [0.1, 0.15) is 23.1 Å². The molecule has 1 aromatic carbocycles. The molecule has 1 atom stereocenters. The monoisotopic (exact) mass is 205 g/mol. The van der Waals surface area contributed by atoms with E-state index in [0.717, 1.165) is 25.9 Å². The molecule has 1 unspecified atom stereocenters. The fraction of sp³-hybridized carbons (Fsp3) is 0.538. The minimum Gasteiger partial charge on any atom is -0.388 e. The van der Waals surface area contributed by atoms with Gasteiger partial charge in [-0.1, -0.05) is 29.3 Å². The SMILES string of the molecule is Cc1cc(C)cc(CC2(O)CCNC2)c1. The van der Waals surface area contributed by atoms with Crippen molar-refractivity contribution in [3.8, 4) is 0 Å². The van der Waals surface area contributed by atoms with Gasteiger partial charge in [0.1, 0.15) is 0 Å². The van der Waals surface area contributed by atoms with Gasteiger partial charge in [0.05, 0.1) is 5.60 Å². The number of hydrogen-bond donors (Lipinski definition) is 2. The molecule has 0 aromatic heterocycles. The first-order valence-corrected chi connectivity index (χ1v) is 5.58. The third-order valence-electron chi connectivity index (χ3n) is 3.04. The van der Waals surface area contributed by atoms with Crippen molar-refractivity contribution in [3.05, 3.63) is 34.9 Å². The van der Waals surface area contributed by atoms with Gasteiger partial charge in [-0.3, -0.25) is 0 Å². The molecule has 0 aliphatic carbocycles. The largest absolute Gasteiger partial charge is 0.388 e. The predicted molar refractivity (Wildman–Crippen MR) is 62.1 cm³/mol. The van der Waals surface area contributed by atoms with E-state index in [2.05, 4.69) is 37.4 Å². The topological polar surface area (TPSA) is 32.3 Å². The van der Waals surface area contributed by atoms with Crippen LogP contribution in [0.5, 0.6) is 0 Å². The van der Waals surface area contributed by atoms with E-state index in [9.17, 15) is 5.11 Å². The van der Waals surface area contributed by atoms with E-state index in [0.29, 0.717) is 0 Å². The van der Waals surface area contributed by atoms with Crippen LogP contribution in [0.25, 0.3) is 0 Å². The first kappa shape index (κ1) is 10.7. The molecular weight excluding hydrogens is 186 g/mol. The van der Waals surface area contributed by atoms with Crippen LogP contribution < -0.4 is 5.32 Å². The van der Waals surface area contributed by atoms with Gasteiger partial charge in [-0.15, -0.1) is 0 Å². The lowest BCUT2D eigenvalue weighted by Gasteiger charge is -2.21. The van der Waals surface area contributed by atoms with Gasteiger partial charge >= 0.3 is 0 Å². The van der Waals surface area contributed by atoms with E-state index >= 15 is 0 Å². The molecule has 1 fully saturated rings. The van der Waals surface area contributed by atoms with Gasteiger partial charge in [0.2, 0.25) is 0 Å². The number of β-amino-alcohol motifs (C(OH)–C–C–N with tert-alkyl or cyclic N) is 1. The second-order valence-electron chi connectivity index (χ2n) is 4.82. The highest BCUT2D eigenvalue weighted by molar-refractivity contribution is 5.29. The van der Waals surface area contributed by atoms with Crippen molar-refractivity contribution in [1.82, 2.24) is 5.32 Å². The van der Waals surface area contributed by atoms with Crippen molar-refractivity contribution in [3.63, 3.8) is 0 Å². The maximum atomic E-state index is 10.3. The molecule has 82 valence electrons. The molecule has 0 bridgehead atoms. The van der Waals surface area contributed by atoms with E-state index < -0.39 is 5.60 Å². The molecular formula is C13H19NO. The highest BCUT2D eigenvalue weighted by atomic mass is 16.3. The Balaban J connectivity index is 2.16. The van der Waals surface area contributed by atoms with Crippen molar-refractivity contribution < 1.29 is 5.11 Å². The van der Waals surface area contributed by atoms with Gasteiger partial charge in [-0.2, -0.15) is 0 Å². The average molecular weight is 205 g/mol. The molecule has 1 aliphatic rings. The quantitative estimate of drug-likeness (QED) is 0.768. The van der Waals surface area contributed by atoms with Crippen LogP contribution in [0.15, 0.2) is 18.2 Å². The van der Waals surface area contributed by atoms with Crippen molar-refractivity contribution in [2.24, 2.45) is 0 Å². The number of rotatable bonds is 2. The van der Waals surface area contributed by atoms with Gasteiger partial charge in [0.15, 0.2) is 0 Å². The molecule has 2 rings (SSSR count). The number of nitrogens with one attached hydrogen (secondary N) is 1. The summed E-state index contributed by atoms with van der Waals surface area (Å²) in [7, 11) is 0. The Kier molecular flexibility index (Phi) is 2.81. The molecule has 0 spiro atoms. The summed E-state index contributed by atoms with van der Waals surface area (Å²) in [6.45, 7) is 5.86. The van der Waals surface area contributed by atoms with Crippen molar-refractivity contribution in [2.45, 2.75) is 32.3 Å². The zero-order valence-electron chi connectivity index (χ0n) is 9.51. The second kappa shape index (κ2) is 3.95. The summed E-state index contributed by atoms with van der Waals surface area (Å²) in [5, 5.41) is 13.5. The Morgan fingerprint density at radius 1 is 1.27 bits per heavy atom. The molecule has 1 aromatic rings. The molecule has 2 nitrogen and oxygen atoms in total. The van der Waals surface area contributed by atoms with Gasteiger partial charge in [0, 0.05) is 13.0 Å². The lowest BCUT2D eigenvalue weighted by Crippen LogP contribution is -2.33. The second-order valence-corrected chi connectivity index (χ2v) is 4.82. The zero-order chi connectivity index (χ0) is 10.9. The van der Waals surface area contributed by atoms with Crippen molar-refractivity contribution >= 4 is 0 Å². The first-order valence-electron chi connectivity index (χ1n) is 5.58. The predicted octanol–water partition coefficient (Wildman–Crippen LogP) is 1.57.